The number of unbranched alkanes of at least 4 members (excludes halogenated alkanes) is 8. The van der Waals surface area contributed by atoms with Gasteiger partial charge in [-0.1, -0.05) is 82.2 Å². The van der Waals surface area contributed by atoms with Crippen LogP contribution in [0.15, 0.2) is 46.7 Å². The van der Waals surface area contributed by atoms with E-state index < -0.39 is 10.8 Å². The lowest BCUT2D eigenvalue weighted by Gasteiger charge is -2.08. The van der Waals surface area contributed by atoms with E-state index in [2.05, 4.69) is 6.92 Å². The summed E-state index contributed by atoms with van der Waals surface area (Å²) in [6, 6.07) is 8.42. The molecule has 0 aliphatic carbocycles. The molecule has 0 amide bonds. The molecule has 4 heteroatoms. The van der Waals surface area contributed by atoms with E-state index in [4.69, 9.17) is 0 Å². The topological polar surface area (TPSA) is 57.5 Å². The first-order chi connectivity index (χ1) is 12.6. The highest BCUT2D eigenvalue weighted by atomic mass is 32.2. The Labute approximate surface area is 159 Å². The standard InChI is InChI=1S/C22H30O3S/c1-2-3-4-5-6-7-8-9-10-13-16-26(25)21-17-20(23)18-14-11-12-15-19(18)22(21)24/h11-17,23-24H,2-10H2,1H3/b16-13+. The minimum atomic E-state index is -1.46. The number of hydrogen-bond acceptors (Lipinski definition) is 3. The highest BCUT2D eigenvalue weighted by molar-refractivity contribution is 7.88. The van der Waals surface area contributed by atoms with Gasteiger partial charge in [-0.2, -0.15) is 0 Å². The molecule has 0 fully saturated rings. The van der Waals surface area contributed by atoms with E-state index in [1.165, 1.54) is 51.0 Å². The predicted octanol–water partition coefficient (Wildman–Crippen LogP) is 6.40. The monoisotopic (exact) mass is 374 g/mol. The van der Waals surface area contributed by atoms with Gasteiger partial charge in [0.05, 0.1) is 15.7 Å². The first kappa shape index (κ1) is 20.5. The number of fused-ring (bicyclic) bond motifs is 1. The summed E-state index contributed by atoms with van der Waals surface area (Å²) in [5.41, 5.74) is 0. The Bertz CT molecular complexity index is 752. The molecule has 0 aromatic heterocycles. The highest BCUT2D eigenvalue weighted by Crippen LogP contribution is 2.37. The van der Waals surface area contributed by atoms with Gasteiger partial charge < -0.3 is 10.2 Å². The van der Waals surface area contributed by atoms with Crippen LogP contribution in [0.3, 0.4) is 0 Å². The maximum atomic E-state index is 12.5. The van der Waals surface area contributed by atoms with Crippen molar-refractivity contribution in [2.24, 2.45) is 0 Å². The van der Waals surface area contributed by atoms with Crippen LogP contribution < -0.4 is 0 Å². The number of rotatable bonds is 11. The van der Waals surface area contributed by atoms with Crippen molar-refractivity contribution in [3.63, 3.8) is 0 Å². The maximum absolute atomic E-state index is 12.5. The van der Waals surface area contributed by atoms with E-state index in [0.717, 1.165) is 12.8 Å². The summed E-state index contributed by atoms with van der Waals surface area (Å²) in [6.07, 6.45) is 13.0. The average Bonchev–Trinajstić information content (AvgIpc) is 2.66. The van der Waals surface area contributed by atoms with Crippen molar-refractivity contribution in [1.82, 2.24) is 0 Å². The van der Waals surface area contributed by atoms with Crippen molar-refractivity contribution < 1.29 is 14.4 Å². The zero-order valence-corrected chi connectivity index (χ0v) is 16.4. The van der Waals surface area contributed by atoms with Crippen molar-refractivity contribution in [3.8, 4) is 11.5 Å². The molecule has 0 heterocycles. The molecule has 1 atom stereocenters. The molecule has 142 valence electrons. The summed E-state index contributed by atoms with van der Waals surface area (Å²) >= 11 is 0. The average molecular weight is 375 g/mol. The molecular weight excluding hydrogens is 344 g/mol. The number of allylic oxidation sites excluding steroid dienone is 1. The fourth-order valence-electron chi connectivity index (χ4n) is 3.09. The molecule has 0 spiro atoms. The fraction of sp³-hybridized carbons (Fsp3) is 0.455. The summed E-state index contributed by atoms with van der Waals surface area (Å²) in [4.78, 5) is 0.258. The molecule has 0 radical (unpaired) electrons. The Hall–Kier alpha value is -1.81. The Kier molecular flexibility index (Phi) is 8.69. The molecule has 1 unspecified atom stereocenters. The lowest BCUT2D eigenvalue weighted by Crippen LogP contribution is -1.89. The Morgan fingerprint density at radius 2 is 1.54 bits per heavy atom. The highest BCUT2D eigenvalue weighted by Gasteiger charge is 2.14. The van der Waals surface area contributed by atoms with Gasteiger partial charge >= 0.3 is 0 Å². The van der Waals surface area contributed by atoms with Gasteiger partial charge in [-0.25, -0.2) is 4.21 Å². The zero-order valence-electron chi connectivity index (χ0n) is 15.6. The molecule has 3 nitrogen and oxygen atoms in total. The molecule has 2 aromatic rings. The van der Waals surface area contributed by atoms with Crippen LogP contribution in [-0.4, -0.2) is 14.4 Å². The van der Waals surface area contributed by atoms with Crippen molar-refractivity contribution in [3.05, 3.63) is 41.8 Å². The summed E-state index contributed by atoms with van der Waals surface area (Å²) in [5, 5.41) is 23.2. The van der Waals surface area contributed by atoms with E-state index in [1.807, 2.05) is 6.08 Å². The lowest BCUT2D eigenvalue weighted by molar-refractivity contribution is 0.457. The molecule has 2 aromatic carbocycles. The molecule has 0 saturated heterocycles. The Morgan fingerprint density at radius 3 is 2.23 bits per heavy atom. The number of benzene rings is 2. The van der Waals surface area contributed by atoms with E-state index in [1.54, 1.807) is 29.7 Å². The Morgan fingerprint density at radius 1 is 0.923 bits per heavy atom. The second kappa shape index (κ2) is 11.0. The van der Waals surface area contributed by atoms with Crippen molar-refractivity contribution in [2.45, 2.75) is 69.6 Å². The normalized spacial score (nSPS) is 12.8. The van der Waals surface area contributed by atoms with Gasteiger partial charge in [-0.15, -0.1) is 0 Å². The van der Waals surface area contributed by atoms with E-state index in [9.17, 15) is 14.4 Å². The summed E-state index contributed by atoms with van der Waals surface area (Å²) in [5.74, 6) is 0.0201. The molecule has 0 aliphatic heterocycles. The smallest absolute Gasteiger partial charge is 0.140 e. The van der Waals surface area contributed by atoms with Gasteiger partial charge in [0.15, 0.2) is 0 Å². The maximum Gasteiger partial charge on any atom is 0.140 e. The number of phenols is 2. The second-order valence-electron chi connectivity index (χ2n) is 6.72. The predicted molar refractivity (Wildman–Crippen MR) is 110 cm³/mol. The molecule has 0 aliphatic rings. The van der Waals surface area contributed by atoms with Crippen LogP contribution in [0, 0.1) is 0 Å². The molecule has 0 saturated carbocycles. The van der Waals surface area contributed by atoms with Crippen LogP contribution >= 0.6 is 0 Å². The van der Waals surface area contributed by atoms with E-state index in [-0.39, 0.29) is 16.4 Å². The third-order valence-electron chi connectivity index (χ3n) is 4.62. The fourth-order valence-corrected chi connectivity index (χ4v) is 4.08. The van der Waals surface area contributed by atoms with Crippen molar-refractivity contribution >= 4 is 21.6 Å². The van der Waals surface area contributed by atoms with Crippen LogP contribution in [0.4, 0.5) is 0 Å². The number of hydrogen-bond donors (Lipinski definition) is 2. The molecular formula is C22H30O3S. The van der Waals surface area contributed by atoms with Gasteiger partial charge in [-0.3, -0.25) is 0 Å². The van der Waals surface area contributed by atoms with Crippen LogP contribution in [-0.2, 0) is 10.8 Å². The molecule has 2 N–H and O–H groups in total. The first-order valence-electron chi connectivity index (χ1n) is 9.66. The third kappa shape index (κ3) is 5.87. The minimum absolute atomic E-state index is 0.0199. The largest absolute Gasteiger partial charge is 0.507 e. The number of phenolic OH excluding ortho intramolecular Hbond substituents is 2. The van der Waals surface area contributed by atoms with Crippen LogP contribution in [0.2, 0.25) is 0 Å². The van der Waals surface area contributed by atoms with Gasteiger partial charge in [0.2, 0.25) is 0 Å². The van der Waals surface area contributed by atoms with Gasteiger partial charge in [0.1, 0.15) is 11.5 Å². The lowest BCUT2D eigenvalue weighted by atomic mass is 10.1. The summed E-state index contributed by atoms with van der Waals surface area (Å²) < 4.78 is 12.5. The number of aromatic hydroxyl groups is 2. The van der Waals surface area contributed by atoms with Gasteiger partial charge in [0, 0.05) is 22.2 Å². The van der Waals surface area contributed by atoms with Crippen molar-refractivity contribution in [2.75, 3.05) is 0 Å². The van der Waals surface area contributed by atoms with Gasteiger partial charge in [-0.05, 0) is 12.8 Å². The molecule has 26 heavy (non-hydrogen) atoms. The minimum Gasteiger partial charge on any atom is -0.507 e. The second-order valence-corrected chi connectivity index (χ2v) is 8.03. The van der Waals surface area contributed by atoms with Crippen LogP contribution in [0.1, 0.15) is 64.7 Å². The molecule has 2 rings (SSSR count). The van der Waals surface area contributed by atoms with Crippen LogP contribution in [0.5, 0.6) is 11.5 Å². The SMILES string of the molecule is CCCCCCCCCC/C=C/S(=O)c1cc(O)c2ccccc2c1O. The Balaban J connectivity index is 1.82. The van der Waals surface area contributed by atoms with Crippen molar-refractivity contribution in [1.29, 1.82) is 0 Å². The van der Waals surface area contributed by atoms with Gasteiger partial charge in [0.25, 0.3) is 0 Å². The van der Waals surface area contributed by atoms with E-state index in [0.29, 0.717) is 10.8 Å². The van der Waals surface area contributed by atoms with Crippen LogP contribution in [0.25, 0.3) is 10.8 Å². The summed E-state index contributed by atoms with van der Waals surface area (Å²) in [7, 11) is -1.46. The zero-order chi connectivity index (χ0) is 18.8. The quantitative estimate of drug-likeness (QED) is 0.353. The first-order valence-corrected chi connectivity index (χ1v) is 10.9. The third-order valence-corrected chi connectivity index (χ3v) is 5.80. The summed E-state index contributed by atoms with van der Waals surface area (Å²) in [6.45, 7) is 2.23. The van der Waals surface area contributed by atoms with E-state index >= 15 is 0 Å². The molecule has 0 bridgehead atoms.